The molecule has 0 spiro atoms. The van der Waals surface area contributed by atoms with E-state index in [0.717, 1.165) is 22.3 Å². The summed E-state index contributed by atoms with van der Waals surface area (Å²) in [6.45, 7) is -0.267. The molecule has 2 heterocycles. The standard InChI is InChI=1S/C23H16BrF3N2O3S/c24-14-10-19(33-12-14)20(30)28-15(9-13-5-1-4-8-18(13)23(25,26)27)11-29-21(31)16-6-2-3-7-17(16)22(29)32/h1-8,10,12,15H,9,11H2,(H,28,30). The summed E-state index contributed by atoms with van der Waals surface area (Å²) >= 11 is 4.42. The van der Waals surface area contributed by atoms with Crippen LogP contribution in [0.4, 0.5) is 13.2 Å². The van der Waals surface area contributed by atoms with Crippen molar-refractivity contribution in [2.24, 2.45) is 0 Å². The molecular weight excluding hydrogens is 521 g/mol. The zero-order chi connectivity index (χ0) is 23.8. The van der Waals surface area contributed by atoms with Gasteiger partial charge in [0.05, 0.1) is 27.6 Å². The molecule has 0 fully saturated rings. The van der Waals surface area contributed by atoms with Crippen molar-refractivity contribution < 1.29 is 27.6 Å². The molecule has 33 heavy (non-hydrogen) atoms. The predicted molar refractivity (Wildman–Crippen MR) is 120 cm³/mol. The highest BCUT2D eigenvalue weighted by molar-refractivity contribution is 9.10. The van der Waals surface area contributed by atoms with Gasteiger partial charge in [0.1, 0.15) is 0 Å². The number of nitrogens with one attached hydrogen (secondary N) is 1. The Morgan fingerprint density at radius 3 is 2.21 bits per heavy atom. The van der Waals surface area contributed by atoms with Crippen molar-refractivity contribution in [3.05, 3.63) is 91.6 Å². The molecule has 1 aromatic heterocycles. The largest absolute Gasteiger partial charge is 0.416 e. The molecule has 170 valence electrons. The zero-order valence-electron chi connectivity index (χ0n) is 16.9. The monoisotopic (exact) mass is 536 g/mol. The Bertz CT molecular complexity index is 1210. The molecule has 0 bridgehead atoms. The van der Waals surface area contributed by atoms with E-state index in [1.54, 1.807) is 23.6 Å². The first-order valence-corrected chi connectivity index (χ1v) is 11.5. The van der Waals surface area contributed by atoms with E-state index in [4.69, 9.17) is 0 Å². The van der Waals surface area contributed by atoms with Crippen molar-refractivity contribution in [3.63, 3.8) is 0 Å². The van der Waals surface area contributed by atoms with Crippen LogP contribution in [0.5, 0.6) is 0 Å². The number of carbonyl (C=O) groups is 3. The van der Waals surface area contributed by atoms with Crippen molar-refractivity contribution >= 4 is 45.0 Å². The van der Waals surface area contributed by atoms with Gasteiger partial charge in [-0.05, 0) is 52.2 Å². The number of hydrogen-bond acceptors (Lipinski definition) is 4. The van der Waals surface area contributed by atoms with Crippen molar-refractivity contribution in [3.8, 4) is 0 Å². The maximum absolute atomic E-state index is 13.5. The molecule has 0 saturated carbocycles. The molecule has 2 aromatic carbocycles. The normalized spacial score (nSPS) is 14.4. The minimum Gasteiger partial charge on any atom is -0.346 e. The zero-order valence-corrected chi connectivity index (χ0v) is 19.3. The summed E-state index contributed by atoms with van der Waals surface area (Å²) in [4.78, 5) is 39.7. The van der Waals surface area contributed by atoms with Crippen LogP contribution >= 0.6 is 27.3 Å². The number of halogens is 4. The van der Waals surface area contributed by atoms with E-state index in [2.05, 4.69) is 21.2 Å². The number of alkyl halides is 3. The molecular formula is C23H16BrF3N2O3S. The van der Waals surface area contributed by atoms with Crippen LogP contribution in [0.1, 0.15) is 41.5 Å². The predicted octanol–water partition coefficient (Wildman–Crippen LogP) is 5.17. The Morgan fingerprint density at radius 1 is 1.03 bits per heavy atom. The Labute approximate surface area is 199 Å². The molecule has 5 nitrogen and oxygen atoms in total. The molecule has 3 amide bonds. The Kier molecular flexibility index (Phi) is 6.40. The van der Waals surface area contributed by atoms with Gasteiger partial charge in [-0.2, -0.15) is 13.2 Å². The number of hydrogen-bond donors (Lipinski definition) is 1. The highest BCUT2D eigenvalue weighted by Gasteiger charge is 2.38. The second kappa shape index (κ2) is 9.11. The highest BCUT2D eigenvalue weighted by Crippen LogP contribution is 2.33. The number of amides is 3. The molecule has 0 radical (unpaired) electrons. The van der Waals surface area contributed by atoms with Gasteiger partial charge < -0.3 is 5.32 Å². The molecule has 1 atom stereocenters. The summed E-state index contributed by atoms with van der Waals surface area (Å²) in [6, 6.07) is 12.0. The number of nitrogens with zero attached hydrogens (tertiary/aromatic N) is 1. The van der Waals surface area contributed by atoms with Gasteiger partial charge in [0.25, 0.3) is 17.7 Å². The number of fused-ring (bicyclic) bond motifs is 1. The van der Waals surface area contributed by atoms with Crippen molar-refractivity contribution in [1.82, 2.24) is 10.2 Å². The third-order valence-electron chi connectivity index (χ3n) is 5.20. The lowest BCUT2D eigenvalue weighted by Crippen LogP contribution is -2.47. The minimum absolute atomic E-state index is 0.0423. The molecule has 1 unspecified atom stereocenters. The van der Waals surface area contributed by atoms with E-state index >= 15 is 0 Å². The second-order valence-electron chi connectivity index (χ2n) is 7.43. The smallest absolute Gasteiger partial charge is 0.346 e. The van der Waals surface area contributed by atoms with Crippen LogP contribution in [0.15, 0.2) is 64.5 Å². The van der Waals surface area contributed by atoms with E-state index in [1.165, 1.54) is 30.3 Å². The maximum Gasteiger partial charge on any atom is 0.416 e. The summed E-state index contributed by atoms with van der Waals surface area (Å²) < 4.78 is 41.3. The lowest BCUT2D eigenvalue weighted by Gasteiger charge is -2.25. The summed E-state index contributed by atoms with van der Waals surface area (Å²) in [6.07, 6.45) is -4.80. The van der Waals surface area contributed by atoms with Gasteiger partial charge in [0.2, 0.25) is 0 Å². The van der Waals surface area contributed by atoms with Crippen LogP contribution in [-0.2, 0) is 12.6 Å². The fourth-order valence-corrected chi connectivity index (χ4v) is 5.04. The van der Waals surface area contributed by atoms with Crippen LogP contribution in [0.2, 0.25) is 0 Å². The van der Waals surface area contributed by atoms with E-state index in [9.17, 15) is 27.6 Å². The molecule has 1 aliphatic rings. The third kappa shape index (κ3) is 4.86. The van der Waals surface area contributed by atoms with Gasteiger partial charge in [0, 0.05) is 16.4 Å². The minimum atomic E-state index is -4.58. The molecule has 1 N–H and O–H groups in total. The highest BCUT2D eigenvalue weighted by atomic mass is 79.9. The van der Waals surface area contributed by atoms with Crippen molar-refractivity contribution in [2.75, 3.05) is 6.54 Å². The number of imide groups is 1. The molecule has 0 aliphatic carbocycles. The third-order valence-corrected chi connectivity index (χ3v) is 6.89. The van der Waals surface area contributed by atoms with Gasteiger partial charge in [-0.3, -0.25) is 19.3 Å². The first-order valence-electron chi connectivity index (χ1n) is 9.80. The number of rotatable bonds is 6. The molecule has 3 aromatic rings. The van der Waals surface area contributed by atoms with Gasteiger partial charge in [-0.15, -0.1) is 11.3 Å². The Balaban J connectivity index is 1.63. The van der Waals surface area contributed by atoms with Crippen LogP contribution in [0.3, 0.4) is 0 Å². The average molecular weight is 537 g/mol. The number of benzene rings is 2. The topological polar surface area (TPSA) is 66.5 Å². The first-order chi connectivity index (χ1) is 15.6. The summed E-state index contributed by atoms with van der Waals surface area (Å²) in [5.41, 5.74) is -0.416. The first kappa shape index (κ1) is 23.2. The van der Waals surface area contributed by atoms with Crippen LogP contribution in [0.25, 0.3) is 0 Å². The van der Waals surface area contributed by atoms with Crippen LogP contribution < -0.4 is 5.32 Å². The van der Waals surface area contributed by atoms with Gasteiger partial charge in [0.15, 0.2) is 0 Å². The SMILES string of the molecule is O=C(NC(Cc1ccccc1C(F)(F)F)CN1C(=O)c2ccccc2C1=O)c1cc(Br)cs1. The van der Waals surface area contributed by atoms with Crippen LogP contribution in [-0.4, -0.2) is 35.2 Å². The van der Waals surface area contributed by atoms with E-state index < -0.39 is 35.5 Å². The van der Waals surface area contributed by atoms with Gasteiger partial charge in [-0.1, -0.05) is 30.3 Å². The Hall–Kier alpha value is -2.98. The quantitative estimate of drug-likeness (QED) is 0.442. The molecule has 0 saturated heterocycles. The maximum atomic E-state index is 13.5. The summed E-state index contributed by atoms with van der Waals surface area (Å²) in [5.74, 6) is -1.59. The lowest BCUT2D eigenvalue weighted by molar-refractivity contribution is -0.138. The van der Waals surface area contributed by atoms with Gasteiger partial charge in [-0.25, -0.2) is 0 Å². The second-order valence-corrected chi connectivity index (χ2v) is 9.25. The fraction of sp³-hybridized carbons (Fsp3) is 0.174. The van der Waals surface area contributed by atoms with Crippen molar-refractivity contribution in [2.45, 2.75) is 18.6 Å². The van der Waals surface area contributed by atoms with Gasteiger partial charge >= 0.3 is 6.18 Å². The van der Waals surface area contributed by atoms with E-state index in [-0.39, 0.29) is 29.7 Å². The average Bonchev–Trinajstić information content (AvgIpc) is 3.31. The Morgan fingerprint density at radius 2 is 1.64 bits per heavy atom. The molecule has 10 heteroatoms. The van der Waals surface area contributed by atoms with Crippen LogP contribution in [0, 0.1) is 0 Å². The van der Waals surface area contributed by atoms with Crippen molar-refractivity contribution in [1.29, 1.82) is 0 Å². The van der Waals surface area contributed by atoms with E-state index in [1.807, 2.05) is 0 Å². The number of thiophene rings is 1. The molecule has 4 rings (SSSR count). The molecule has 1 aliphatic heterocycles. The number of carbonyl (C=O) groups excluding carboxylic acids is 3. The summed E-state index contributed by atoms with van der Waals surface area (Å²) in [5, 5.41) is 4.41. The fourth-order valence-electron chi connectivity index (χ4n) is 3.72. The van der Waals surface area contributed by atoms with E-state index in [0.29, 0.717) is 9.35 Å². The summed E-state index contributed by atoms with van der Waals surface area (Å²) in [7, 11) is 0. The lowest BCUT2D eigenvalue weighted by atomic mass is 9.99.